The Bertz CT molecular complexity index is 1010. The van der Waals surface area contributed by atoms with Crippen molar-refractivity contribution in [2.75, 3.05) is 0 Å². The fraction of sp³-hybridized carbons (Fsp3) is 0.167. The minimum Gasteiger partial charge on any atom is -0.507 e. The van der Waals surface area contributed by atoms with Crippen LogP contribution in [0.25, 0.3) is 21.9 Å². The average Bonchev–Trinajstić information content (AvgIpc) is 2.50. The SMILES string of the molecule is CC(C)=CCc1ccc(O)c2c(=O)c3c(O)ccc(O)c3oc12. The lowest BCUT2D eigenvalue weighted by Crippen LogP contribution is -2.04. The highest BCUT2D eigenvalue weighted by Crippen LogP contribution is 2.35. The molecule has 0 saturated heterocycles. The van der Waals surface area contributed by atoms with Crippen LogP contribution in [0.3, 0.4) is 0 Å². The number of aromatic hydroxyl groups is 3. The number of phenols is 3. The van der Waals surface area contributed by atoms with Gasteiger partial charge in [-0.25, -0.2) is 0 Å². The summed E-state index contributed by atoms with van der Waals surface area (Å²) in [7, 11) is 0. The van der Waals surface area contributed by atoms with Crippen LogP contribution >= 0.6 is 0 Å². The van der Waals surface area contributed by atoms with Crippen LogP contribution in [0.1, 0.15) is 19.4 Å². The van der Waals surface area contributed by atoms with Crippen LogP contribution in [0.5, 0.6) is 17.2 Å². The Morgan fingerprint density at radius 3 is 2.17 bits per heavy atom. The van der Waals surface area contributed by atoms with Gasteiger partial charge in [0.1, 0.15) is 27.9 Å². The second kappa shape index (κ2) is 5.35. The number of phenolic OH excluding ortho intramolecular Hbond substituents is 3. The topological polar surface area (TPSA) is 90.9 Å². The number of hydrogen-bond donors (Lipinski definition) is 3. The van der Waals surface area contributed by atoms with Crippen molar-refractivity contribution in [2.24, 2.45) is 0 Å². The van der Waals surface area contributed by atoms with Gasteiger partial charge in [-0.05, 0) is 44.0 Å². The monoisotopic (exact) mass is 312 g/mol. The zero-order valence-electron chi connectivity index (χ0n) is 12.8. The third-order valence-electron chi connectivity index (χ3n) is 3.72. The van der Waals surface area contributed by atoms with E-state index in [9.17, 15) is 20.1 Å². The van der Waals surface area contributed by atoms with Crippen LogP contribution in [0.2, 0.25) is 0 Å². The molecule has 0 atom stereocenters. The molecule has 0 amide bonds. The second-order valence-corrected chi connectivity index (χ2v) is 5.67. The Kier molecular flexibility index (Phi) is 3.48. The van der Waals surface area contributed by atoms with Crippen LogP contribution in [0.15, 0.2) is 45.1 Å². The minimum absolute atomic E-state index is 0.00180. The number of allylic oxidation sites excluding steroid dienone is 2. The van der Waals surface area contributed by atoms with Crippen LogP contribution in [0.4, 0.5) is 0 Å². The summed E-state index contributed by atoms with van der Waals surface area (Å²) in [6.45, 7) is 3.91. The normalized spacial score (nSPS) is 11.0. The molecule has 0 saturated carbocycles. The van der Waals surface area contributed by atoms with Crippen molar-refractivity contribution in [3.05, 3.63) is 51.7 Å². The van der Waals surface area contributed by atoms with Gasteiger partial charge in [0.15, 0.2) is 11.3 Å². The maximum atomic E-state index is 12.7. The first-order valence-electron chi connectivity index (χ1n) is 7.16. The van der Waals surface area contributed by atoms with Gasteiger partial charge in [-0.2, -0.15) is 0 Å². The van der Waals surface area contributed by atoms with Gasteiger partial charge in [0.25, 0.3) is 0 Å². The first-order chi connectivity index (χ1) is 10.9. The summed E-state index contributed by atoms with van der Waals surface area (Å²) in [5.74, 6) is -0.768. The van der Waals surface area contributed by atoms with Crippen LogP contribution in [-0.4, -0.2) is 15.3 Å². The van der Waals surface area contributed by atoms with Crippen molar-refractivity contribution >= 4 is 21.9 Å². The molecule has 5 heteroatoms. The van der Waals surface area contributed by atoms with Gasteiger partial charge < -0.3 is 19.7 Å². The fourth-order valence-electron chi connectivity index (χ4n) is 2.54. The molecule has 0 radical (unpaired) electrons. The molecular weight excluding hydrogens is 296 g/mol. The number of fused-ring (bicyclic) bond motifs is 2. The molecule has 5 nitrogen and oxygen atoms in total. The predicted molar refractivity (Wildman–Crippen MR) is 88.1 cm³/mol. The molecule has 0 aliphatic carbocycles. The Hall–Kier alpha value is -2.95. The molecule has 0 bridgehead atoms. The van der Waals surface area contributed by atoms with E-state index in [0.29, 0.717) is 12.0 Å². The Morgan fingerprint density at radius 2 is 1.52 bits per heavy atom. The molecule has 3 rings (SSSR count). The van der Waals surface area contributed by atoms with Crippen LogP contribution in [0, 0.1) is 0 Å². The molecule has 0 spiro atoms. The number of rotatable bonds is 2. The molecule has 1 aromatic heterocycles. The van der Waals surface area contributed by atoms with E-state index in [0.717, 1.165) is 5.57 Å². The summed E-state index contributed by atoms with van der Waals surface area (Å²) in [5.41, 5.74) is 1.36. The molecule has 118 valence electrons. The highest BCUT2D eigenvalue weighted by molar-refractivity contribution is 5.98. The van der Waals surface area contributed by atoms with Crippen molar-refractivity contribution in [2.45, 2.75) is 20.3 Å². The molecule has 0 aliphatic rings. The Labute approximate surface area is 131 Å². The van der Waals surface area contributed by atoms with Gasteiger partial charge in [-0.3, -0.25) is 4.79 Å². The molecule has 0 unspecified atom stereocenters. The zero-order valence-corrected chi connectivity index (χ0v) is 12.8. The summed E-state index contributed by atoms with van der Waals surface area (Å²) in [5, 5.41) is 29.8. The highest BCUT2D eigenvalue weighted by atomic mass is 16.4. The molecule has 0 fully saturated rings. The predicted octanol–water partition coefficient (Wildman–Crippen LogP) is 3.57. The van der Waals surface area contributed by atoms with E-state index in [1.807, 2.05) is 19.9 Å². The summed E-state index contributed by atoms with van der Waals surface area (Å²) in [4.78, 5) is 12.7. The van der Waals surface area contributed by atoms with E-state index in [1.165, 1.54) is 18.2 Å². The highest BCUT2D eigenvalue weighted by Gasteiger charge is 2.18. The summed E-state index contributed by atoms with van der Waals surface area (Å²) >= 11 is 0. The summed E-state index contributed by atoms with van der Waals surface area (Å²) in [6.07, 6.45) is 2.49. The van der Waals surface area contributed by atoms with Gasteiger partial charge >= 0.3 is 0 Å². The lowest BCUT2D eigenvalue weighted by atomic mass is 10.0. The maximum Gasteiger partial charge on any atom is 0.208 e. The molecule has 23 heavy (non-hydrogen) atoms. The minimum atomic E-state index is -0.578. The van der Waals surface area contributed by atoms with Crippen LogP contribution < -0.4 is 5.43 Å². The lowest BCUT2D eigenvalue weighted by molar-refractivity contribution is 0.456. The first kappa shape index (κ1) is 15.0. The van der Waals surface area contributed by atoms with E-state index in [4.69, 9.17) is 4.42 Å². The third kappa shape index (κ3) is 2.40. The van der Waals surface area contributed by atoms with E-state index >= 15 is 0 Å². The Balaban J connectivity index is 2.48. The summed E-state index contributed by atoms with van der Waals surface area (Å²) < 4.78 is 5.68. The van der Waals surface area contributed by atoms with E-state index in [2.05, 4.69) is 0 Å². The largest absolute Gasteiger partial charge is 0.507 e. The van der Waals surface area contributed by atoms with Gasteiger partial charge in [-0.1, -0.05) is 17.7 Å². The van der Waals surface area contributed by atoms with Crippen molar-refractivity contribution in [1.82, 2.24) is 0 Å². The van der Waals surface area contributed by atoms with Gasteiger partial charge in [0.05, 0.1) is 0 Å². The summed E-state index contributed by atoms with van der Waals surface area (Å²) in [6, 6.07) is 5.57. The number of benzene rings is 2. The fourth-order valence-corrected chi connectivity index (χ4v) is 2.54. The van der Waals surface area contributed by atoms with Crippen molar-refractivity contribution < 1.29 is 19.7 Å². The Morgan fingerprint density at radius 1 is 0.957 bits per heavy atom. The standard InChI is InChI=1S/C18H16O5/c1-9(2)3-4-10-5-6-11(19)14-16(22)15-12(20)7-8-13(21)18(15)23-17(10)14/h3,5-8,19-21H,4H2,1-2H3. The van der Waals surface area contributed by atoms with E-state index in [-0.39, 0.29) is 39.2 Å². The lowest BCUT2D eigenvalue weighted by Gasteiger charge is -2.09. The van der Waals surface area contributed by atoms with Gasteiger partial charge in [-0.15, -0.1) is 0 Å². The molecule has 2 aromatic carbocycles. The molecule has 3 aromatic rings. The zero-order chi connectivity index (χ0) is 16.7. The smallest absolute Gasteiger partial charge is 0.208 e. The van der Waals surface area contributed by atoms with E-state index < -0.39 is 5.43 Å². The molecular formula is C18H16O5. The van der Waals surface area contributed by atoms with Gasteiger partial charge in [0, 0.05) is 0 Å². The molecule has 0 aliphatic heterocycles. The quantitative estimate of drug-likeness (QED) is 0.382. The first-order valence-corrected chi connectivity index (χ1v) is 7.16. The van der Waals surface area contributed by atoms with E-state index in [1.54, 1.807) is 6.07 Å². The third-order valence-corrected chi connectivity index (χ3v) is 3.72. The average molecular weight is 312 g/mol. The van der Waals surface area contributed by atoms with Crippen molar-refractivity contribution in [3.63, 3.8) is 0 Å². The van der Waals surface area contributed by atoms with Gasteiger partial charge in [0.2, 0.25) is 5.43 Å². The van der Waals surface area contributed by atoms with Crippen molar-refractivity contribution in [1.29, 1.82) is 0 Å². The van der Waals surface area contributed by atoms with Crippen LogP contribution in [-0.2, 0) is 6.42 Å². The van der Waals surface area contributed by atoms with Crippen molar-refractivity contribution in [3.8, 4) is 17.2 Å². The number of hydrogen-bond acceptors (Lipinski definition) is 5. The maximum absolute atomic E-state index is 12.7. The molecule has 3 N–H and O–H groups in total. The second-order valence-electron chi connectivity index (χ2n) is 5.67. The molecule has 1 heterocycles.